The summed E-state index contributed by atoms with van der Waals surface area (Å²) in [5.41, 5.74) is 4.03. The fourth-order valence-electron chi connectivity index (χ4n) is 4.01. The van der Waals surface area contributed by atoms with Gasteiger partial charge in [0.1, 0.15) is 18.2 Å². The minimum Gasteiger partial charge on any atom is -0.491 e. The van der Waals surface area contributed by atoms with Crippen molar-refractivity contribution in [2.45, 2.75) is 39.2 Å². The highest BCUT2D eigenvalue weighted by atomic mass is 16.5. The Kier molecular flexibility index (Phi) is 7.75. The molecule has 4 aromatic rings. The molecule has 0 saturated heterocycles. The lowest BCUT2D eigenvalue weighted by Crippen LogP contribution is -2.24. The molecule has 3 aromatic carbocycles. The molecular weight excluding hydrogens is 410 g/mol. The van der Waals surface area contributed by atoms with Gasteiger partial charge in [-0.05, 0) is 55.7 Å². The van der Waals surface area contributed by atoms with Crippen LogP contribution in [-0.2, 0) is 13.0 Å². The minimum absolute atomic E-state index is 0.00829. The standard InChI is InChI=1S/C28H31N3O2/c1-22-12-7-10-17-26(22)33-21-20-31-25-16-9-8-15-24(25)30-27(31)18-6-3-11-19-29-28(32)23-13-4-2-5-14-23/h2,4-5,7-10,12-17H,3,6,11,18-21H2,1H3,(H,29,32). The first-order valence-electron chi connectivity index (χ1n) is 11.7. The molecule has 1 amide bonds. The molecule has 4 rings (SSSR count). The Morgan fingerprint density at radius 1 is 0.909 bits per heavy atom. The number of imidazole rings is 1. The molecule has 0 aliphatic carbocycles. The predicted octanol–water partition coefficient (Wildman–Crippen LogP) is 5.57. The second kappa shape index (κ2) is 11.3. The van der Waals surface area contributed by atoms with Crippen LogP contribution < -0.4 is 10.1 Å². The van der Waals surface area contributed by atoms with Crippen molar-refractivity contribution in [3.05, 3.63) is 95.8 Å². The van der Waals surface area contributed by atoms with Gasteiger partial charge < -0.3 is 14.6 Å². The van der Waals surface area contributed by atoms with Crippen LogP contribution in [0.1, 0.15) is 41.0 Å². The molecule has 0 bridgehead atoms. The monoisotopic (exact) mass is 441 g/mol. The van der Waals surface area contributed by atoms with Crippen molar-refractivity contribution in [1.82, 2.24) is 14.9 Å². The Morgan fingerprint density at radius 2 is 1.67 bits per heavy atom. The number of aromatic nitrogens is 2. The van der Waals surface area contributed by atoms with E-state index in [1.165, 1.54) is 0 Å². The van der Waals surface area contributed by atoms with E-state index in [4.69, 9.17) is 9.72 Å². The minimum atomic E-state index is -0.00829. The van der Waals surface area contributed by atoms with Crippen LogP contribution in [-0.4, -0.2) is 28.6 Å². The highest BCUT2D eigenvalue weighted by Crippen LogP contribution is 2.19. The second-order valence-electron chi connectivity index (χ2n) is 8.21. The lowest BCUT2D eigenvalue weighted by Gasteiger charge is -2.12. The molecule has 1 heterocycles. The average molecular weight is 442 g/mol. The van der Waals surface area contributed by atoms with E-state index < -0.39 is 0 Å². The van der Waals surface area contributed by atoms with E-state index >= 15 is 0 Å². The quantitative estimate of drug-likeness (QED) is 0.310. The van der Waals surface area contributed by atoms with E-state index in [0.29, 0.717) is 18.7 Å². The first kappa shape index (κ1) is 22.6. The summed E-state index contributed by atoms with van der Waals surface area (Å²) in [5.74, 6) is 2.02. The van der Waals surface area contributed by atoms with Gasteiger partial charge >= 0.3 is 0 Å². The molecule has 170 valence electrons. The van der Waals surface area contributed by atoms with Gasteiger partial charge in [0.05, 0.1) is 17.6 Å². The van der Waals surface area contributed by atoms with Crippen LogP contribution >= 0.6 is 0 Å². The fraction of sp³-hybridized carbons (Fsp3) is 0.286. The zero-order valence-corrected chi connectivity index (χ0v) is 19.2. The van der Waals surface area contributed by atoms with Gasteiger partial charge in [-0.1, -0.05) is 55.0 Å². The molecule has 0 fully saturated rings. The van der Waals surface area contributed by atoms with Crippen molar-refractivity contribution in [2.24, 2.45) is 0 Å². The molecular formula is C28H31N3O2. The number of benzene rings is 3. The summed E-state index contributed by atoms with van der Waals surface area (Å²) in [4.78, 5) is 17.0. The summed E-state index contributed by atoms with van der Waals surface area (Å²) in [6.45, 7) is 4.12. The number of amides is 1. The highest BCUT2D eigenvalue weighted by molar-refractivity contribution is 5.94. The largest absolute Gasteiger partial charge is 0.491 e. The lowest BCUT2D eigenvalue weighted by atomic mass is 10.1. The third kappa shape index (κ3) is 6.01. The van der Waals surface area contributed by atoms with Crippen LogP contribution in [0.3, 0.4) is 0 Å². The summed E-state index contributed by atoms with van der Waals surface area (Å²) in [7, 11) is 0. The number of hydrogen-bond donors (Lipinski definition) is 1. The number of carbonyl (C=O) groups is 1. The van der Waals surface area contributed by atoms with Crippen LogP contribution in [0.2, 0.25) is 0 Å². The SMILES string of the molecule is Cc1ccccc1OCCn1c(CCCCCNC(=O)c2ccccc2)nc2ccccc21. The van der Waals surface area contributed by atoms with Gasteiger partial charge in [0.15, 0.2) is 0 Å². The van der Waals surface area contributed by atoms with Crippen LogP contribution in [0.15, 0.2) is 78.9 Å². The Bertz CT molecular complexity index is 1180. The van der Waals surface area contributed by atoms with E-state index in [1.54, 1.807) is 0 Å². The number of aryl methyl sites for hydroxylation is 2. The van der Waals surface area contributed by atoms with Crippen molar-refractivity contribution in [3.63, 3.8) is 0 Å². The van der Waals surface area contributed by atoms with Crippen molar-refractivity contribution in [3.8, 4) is 5.75 Å². The average Bonchev–Trinajstić information content (AvgIpc) is 3.20. The normalized spacial score (nSPS) is 10.9. The summed E-state index contributed by atoms with van der Waals surface area (Å²) in [6, 6.07) is 25.7. The first-order chi connectivity index (χ1) is 16.2. The van der Waals surface area contributed by atoms with E-state index in [0.717, 1.165) is 60.4 Å². The highest BCUT2D eigenvalue weighted by Gasteiger charge is 2.11. The Hall–Kier alpha value is -3.60. The smallest absolute Gasteiger partial charge is 0.251 e. The molecule has 1 aromatic heterocycles. The van der Waals surface area contributed by atoms with Crippen molar-refractivity contribution in [1.29, 1.82) is 0 Å². The topological polar surface area (TPSA) is 56.1 Å². The molecule has 0 radical (unpaired) electrons. The van der Waals surface area contributed by atoms with Crippen LogP contribution in [0.5, 0.6) is 5.75 Å². The molecule has 0 aliphatic rings. The van der Waals surface area contributed by atoms with Gasteiger partial charge in [0, 0.05) is 18.5 Å². The van der Waals surface area contributed by atoms with Gasteiger partial charge in [0.25, 0.3) is 5.91 Å². The van der Waals surface area contributed by atoms with Gasteiger partial charge in [-0.25, -0.2) is 4.98 Å². The van der Waals surface area contributed by atoms with Gasteiger partial charge in [-0.3, -0.25) is 4.79 Å². The Balaban J connectivity index is 1.28. The van der Waals surface area contributed by atoms with Crippen LogP contribution in [0.25, 0.3) is 11.0 Å². The molecule has 0 aliphatic heterocycles. The van der Waals surface area contributed by atoms with Gasteiger partial charge in [-0.2, -0.15) is 0 Å². The molecule has 0 atom stereocenters. The number of hydrogen-bond acceptors (Lipinski definition) is 3. The van der Waals surface area contributed by atoms with Crippen molar-refractivity contribution < 1.29 is 9.53 Å². The molecule has 0 spiro atoms. The van der Waals surface area contributed by atoms with E-state index in [2.05, 4.69) is 41.1 Å². The van der Waals surface area contributed by atoms with E-state index in [1.807, 2.05) is 54.6 Å². The molecule has 1 N–H and O–H groups in total. The number of unbranched alkanes of at least 4 members (excludes halogenated alkanes) is 2. The molecule has 5 heteroatoms. The molecule has 0 saturated carbocycles. The van der Waals surface area contributed by atoms with E-state index in [9.17, 15) is 4.79 Å². The number of nitrogens with one attached hydrogen (secondary N) is 1. The van der Waals surface area contributed by atoms with Gasteiger partial charge in [-0.15, -0.1) is 0 Å². The number of ether oxygens (including phenoxy) is 1. The Labute approximate surface area is 195 Å². The van der Waals surface area contributed by atoms with Crippen LogP contribution in [0, 0.1) is 6.92 Å². The van der Waals surface area contributed by atoms with Gasteiger partial charge in [0.2, 0.25) is 0 Å². The summed E-state index contributed by atoms with van der Waals surface area (Å²) in [5, 5.41) is 3.00. The fourth-order valence-corrected chi connectivity index (χ4v) is 4.01. The summed E-state index contributed by atoms with van der Waals surface area (Å²) < 4.78 is 8.32. The summed E-state index contributed by atoms with van der Waals surface area (Å²) in [6.07, 6.45) is 3.93. The number of fused-ring (bicyclic) bond motifs is 1. The zero-order chi connectivity index (χ0) is 22.9. The van der Waals surface area contributed by atoms with Crippen molar-refractivity contribution >= 4 is 16.9 Å². The Morgan fingerprint density at radius 3 is 2.52 bits per heavy atom. The second-order valence-corrected chi connectivity index (χ2v) is 8.21. The predicted molar refractivity (Wildman–Crippen MR) is 133 cm³/mol. The molecule has 0 unspecified atom stereocenters. The number of para-hydroxylation sites is 3. The third-order valence-corrected chi connectivity index (χ3v) is 5.80. The maximum Gasteiger partial charge on any atom is 0.251 e. The number of carbonyl (C=O) groups excluding carboxylic acids is 1. The molecule has 5 nitrogen and oxygen atoms in total. The van der Waals surface area contributed by atoms with Crippen molar-refractivity contribution in [2.75, 3.05) is 13.2 Å². The number of rotatable bonds is 11. The first-order valence-corrected chi connectivity index (χ1v) is 11.7. The lowest BCUT2D eigenvalue weighted by molar-refractivity contribution is 0.0953. The number of nitrogens with zero attached hydrogens (tertiary/aromatic N) is 2. The maximum absolute atomic E-state index is 12.1. The third-order valence-electron chi connectivity index (χ3n) is 5.80. The van der Waals surface area contributed by atoms with Crippen LogP contribution in [0.4, 0.5) is 0 Å². The zero-order valence-electron chi connectivity index (χ0n) is 19.2. The molecule has 33 heavy (non-hydrogen) atoms. The van der Waals surface area contributed by atoms with E-state index in [-0.39, 0.29) is 5.91 Å². The summed E-state index contributed by atoms with van der Waals surface area (Å²) >= 11 is 0. The maximum atomic E-state index is 12.1.